The fourth-order valence-corrected chi connectivity index (χ4v) is 7.24. The topological polar surface area (TPSA) is 157 Å². The van der Waals surface area contributed by atoms with E-state index in [2.05, 4.69) is 20.4 Å². The Morgan fingerprint density at radius 1 is 0.909 bits per heavy atom. The third-order valence-electron chi connectivity index (χ3n) is 9.92. The molecule has 14 heteroatoms. The molecular weight excluding hydrogens is 701 g/mol. The number of urea groups is 1. The summed E-state index contributed by atoms with van der Waals surface area (Å²) in [6, 6.07) is 29.6. The molecule has 2 aliphatic rings. The Bertz CT molecular complexity index is 2310. The molecule has 5 heterocycles. The number of hydrogen-bond acceptors (Lipinski definition) is 10. The Kier molecular flexibility index (Phi) is 9.79. The van der Waals surface area contributed by atoms with Gasteiger partial charge in [-0.1, -0.05) is 65.8 Å². The first-order chi connectivity index (χ1) is 26.8. The van der Waals surface area contributed by atoms with Gasteiger partial charge >= 0.3 is 6.03 Å². The Morgan fingerprint density at radius 3 is 2.53 bits per heavy atom. The van der Waals surface area contributed by atoms with Gasteiger partial charge in [-0.3, -0.25) is 19.6 Å². The van der Waals surface area contributed by atoms with Gasteiger partial charge in [0.2, 0.25) is 11.8 Å². The molecule has 2 N–H and O–H groups in total. The maximum absolute atomic E-state index is 14.6. The van der Waals surface area contributed by atoms with Crippen molar-refractivity contribution in [2.45, 2.75) is 38.3 Å². The number of pyridine rings is 2. The zero-order valence-electron chi connectivity index (χ0n) is 30.0. The van der Waals surface area contributed by atoms with Gasteiger partial charge in [0, 0.05) is 37.2 Å². The van der Waals surface area contributed by atoms with Crippen molar-refractivity contribution in [1.82, 2.24) is 40.3 Å². The van der Waals surface area contributed by atoms with E-state index in [0.717, 1.165) is 27.6 Å². The molecule has 278 valence electrons. The van der Waals surface area contributed by atoms with Crippen LogP contribution >= 0.6 is 0 Å². The number of amides is 4. The first-order valence-electron chi connectivity index (χ1n) is 17.9. The Hall–Kier alpha value is -6.80. The summed E-state index contributed by atoms with van der Waals surface area (Å²) in [5.74, 6) is 0.527. The van der Waals surface area contributed by atoms with Crippen LogP contribution in [0.4, 0.5) is 4.79 Å². The number of fused-ring (bicyclic) bond motifs is 2. The smallest absolute Gasteiger partial charge is 0.334 e. The highest BCUT2D eigenvalue weighted by Gasteiger charge is 2.51. The van der Waals surface area contributed by atoms with Crippen LogP contribution in [0.1, 0.15) is 22.5 Å². The van der Waals surface area contributed by atoms with Crippen LogP contribution in [0.2, 0.25) is 0 Å². The van der Waals surface area contributed by atoms with Crippen molar-refractivity contribution < 1.29 is 28.8 Å². The average Bonchev–Trinajstić information content (AvgIpc) is 3.68. The van der Waals surface area contributed by atoms with E-state index in [-0.39, 0.29) is 56.7 Å². The molecule has 4 amide bonds. The summed E-state index contributed by atoms with van der Waals surface area (Å²) >= 11 is 0. The number of nitrogens with one attached hydrogen (secondary N) is 1. The number of phenols is 1. The monoisotopic (exact) mass is 738 g/mol. The van der Waals surface area contributed by atoms with E-state index in [1.807, 2.05) is 60.7 Å². The summed E-state index contributed by atoms with van der Waals surface area (Å²) in [5, 5.41) is 21.3. The molecule has 2 fully saturated rings. The summed E-state index contributed by atoms with van der Waals surface area (Å²) in [4.78, 5) is 55.5. The standard InChI is InChI=1S/C41H38N8O6/c1-54-31-16-17-35(43-22-31)36-20-32(55-45-36)24-47-26-39(51)48-37(19-27-12-14-30(50)15-13-27)40(52)46(23-29-9-5-11-34-33(29)10-6-18-42-34)25-38(48)49(47)41(53)44-21-28-7-3-2-4-8-28/h2-18,20,22,37-38,50H,19,21,23-26H2,1H3,(H,44,53). The third kappa shape index (κ3) is 7.39. The minimum atomic E-state index is -0.937. The number of phenolic OH excluding ortho intramolecular Hbond substituents is 1. The molecule has 0 spiro atoms. The molecule has 8 rings (SSSR count). The van der Waals surface area contributed by atoms with Crippen molar-refractivity contribution in [2.24, 2.45) is 0 Å². The van der Waals surface area contributed by atoms with Gasteiger partial charge in [-0.2, -0.15) is 5.01 Å². The van der Waals surface area contributed by atoms with Crippen LogP contribution in [0.5, 0.6) is 11.5 Å². The van der Waals surface area contributed by atoms with Crippen molar-refractivity contribution in [3.63, 3.8) is 0 Å². The van der Waals surface area contributed by atoms with Gasteiger partial charge in [-0.25, -0.2) is 9.80 Å². The number of methoxy groups -OCH3 is 1. The van der Waals surface area contributed by atoms with E-state index in [9.17, 15) is 19.5 Å². The third-order valence-corrected chi connectivity index (χ3v) is 9.92. The second-order valence-corrected chi connectivity index (χ2v) is 13.4. The fourth-order valence-electron chi connectivity index (χ4n) is 7.24. The average molecular weight is 739 g/mol. The summed E-state index contributed by atoms with van der Waals surface area (Å²) in [6.45, 7) is 0.332. The number of carbonyl (C=O) groups excluding carboxylic acids is 3. The van der Waals surface area contributed by atoms with Crippen LogP contribution in [0.25, 0.3) is 22.3 Å². The minimum absolute atomic E-state index is 0.0313. The summed E-state index contributed by atoms with van der Waals surface area (Å²) < 4.78 is 11.0. The number of ether oxygens (including phenoxy) is 1. The van der Waals surface area contributed by atoms with E-state index in [4.69, 9.17) is 9.26 Å². The summed E-state index contributed by atoms with van der Waals surface area (Å²) in [5.41, 5.74) is 4.38. The number of piperazine rings is 1. The van der Waals surface area contributed by atoms with E-state index >= 15 is 0 Å². The molecule has 55 heavy (non-hydrogen) atoms. The molecule has 14 nitrogen and oxygen atoms in total. The molecule has 3 aromatic carbocycles. The quantitative estimate of drug-likeness (QED) is 0.201. The molecule has 2 atom stereocenters. The highest BCUT2D eigenvalue weighted by Crippen LogP contribution is 2.32. The zero-order valence-corrected chi connectivity index (χ0v) is 30.0. The fraction of sp³-hybridized carbons (Fsp3) is 0.220. The number of hydrogen-bond donors (Lipinski definition) is 2. The highest BCUT2D eigenvalue weighted by atomic mass is 16.5. The van der Waals surface area contributed by atoms with Gasteiger partial charge in [-0.05, 0) is 53.1 Å². The van der Waals surface area contributed by atoms with Crippen LogP contribution in [-0.4, -0.2) is 90.3 Å². The lowest BCUT2D eigenvalue weighted by molar-refractivity contribution is -0.193. The number of rotatable bonds is 10. The van der Waals surface area contributed by atoms with E-state index in [1.54, 1.807) is 76.8 Å². The van der Waals surface area contributed by atoms with Gasteiger partial charge in [0.25, 0.3) is 0 Å². The molecule has 0 aliphatic carbocycles. The molecule has 6 aromatic rings. The van der Waals surface area contributed by atoms with Crippen LogP contribution in [0, 0.1) is 0 Å². The molecule has 2 saturated heterocycles. The van der Waals surface area contributed by atoms with Gasteiger partial charge in [0.1, 0.15) is 29.4 Å². The number of carbonyl (C=O) groups is 3. The van der Waals surface area contributed by atoms with Gasteiger partial charge in [0.15, 0.2) is 5.76 Å². The number of hydrazine groups is 1. The van der Waals surface area contributed by atoms with Crippen LogP contribution in [0.3, 0.4) is 0 Å². The van der Waals surface area contributed by atoms with Crippen LogP contribution < -0.4 is 10.1 Å². The molecular formula is C41H38N8O6. The lowest BCUT2D eigenvalue weighted by Crippen LogP contribution is -2.76. The number of nitrogens with zero attached hydrogens (tertiary/aromatic N) is 7. The summed E-state index contributed by atoms with van der Waals surface area (Å²) in [7, 11) is 1.56. The van der Waals surface area contributed by atoms with Crippen molar-refractivity contribution in [2.75, 3.05) is 20.2 Å². The second kappa shape index (κ2) is 15.3. The lowest BCUT2D eigenvalue weighted by atomic mass is 9.98. The van der Waals surface area contributed by atoms with Crippen molar-refractivity contribution in [1.29, 1.82) is 0 Å². The molecule has 0 saturated carbocycles. The van der Waals surface area contributed by atoms with Crippen molar-refractivity contribution in [3.8, 4) is 22.9 Å². The minimum Gasteiger partial charge on any atom is -0.508 e. The van der Waals surface area contributed by atoms with Crippen LogP contribution in [-0.2, 0) is 35.6 Å². The molecule has 2 aliphatic heterocycles. The molecule has 2 unspecified atom stereocenters. The van der Waals surface area contributed by atoms with Gasteiger partial charge < -0.3 is 29.5 Å². The Balaban J connectivity index is 1.15. The van der Waals surface area contributed by atoms with Gasteiger partial charge in [-0.15, -0.1) is 0 Å². The molecule has 0 bridgehead atoms. The van der Waals surface area contributed by atoms with E-state index < -0.39 is 18.2 Å². The number of aromatic hydroxyl groups is 1. The predicted octanol–water partition coefficient (Wildman–Crippen LogP) is 4.75. The number of aromatic nitrogens is 3. The molecule has 3 aromatic heterocycles. The lowest BCUT2D eigenvalue weighted by Gasteiger charge is -2.55. The Morgan fingerprint density at radius 2 is 1.75 bits per heavy atom. The van der Waals surface area contributed by atoms with Crippen molar-refractivity contribution >= 4 is 28.7 Å². The highest BCUT2D eigenvalue weighted by molar-refractivity contribution is 5.92. The molecule has 0 radical (unpaired) electrons. The first kappa shape index (κ1) is 35.2. The van der Waals surface area contributed by atoms with E-state index in [0.29, 0.717) is 22.9 Å². The summed E-state index contributed by atoms with van der Waals surface area (Å²) in [6.07, 6.45) is 2.60. The number of benzene rings is 3. The predicted molar refractivity (Wildman–Crippen MR) is 201 cm³/mol. The Labute approximate surface area is 316 Å². The SMILES string of the molecule is COc1ccc(-c2cc(CN3CC(=O)N4C(Cc5ccc(O)cc5)C(=O)N(Cc5cccc6ncccc56)CC4N3C(=O)NCc3ccccc3)on2)nc1. The second-order valence-electron chi connectivity index (χ2n) is 13.4. The van der Waals surface area contributed by atoms with Crippen LogP contribution in [0.15, 0.2) is 120 Å². The maximum atomic E-state index is 14.6. The van der Waals surface area contributed by atoms with E-state index in [1.165, 1.54) is 5.01 Å². The normalized spacial score (nSPS) is 17.4. The zero-order chi connectivity index (χ0) is 37.9. The maximum Gasteiger partial charge on any atom is 0.334 e. The van der Waals surface area contributed by atoms with Crippen molar-refractivity contribution in [3.05, 3.63) is 138 Å². The van der Waals surface area contributed by atoms with Gasteiger partial charge in [0.05, 0.1) is 44.2 Å². The largest absolute Gasteiger partial charge is 0.508 e. The first-order valence-corrected chi connectivity index (χ1v) is 17.9.